The molecule has 0 saturated carbocycles. The molecule has 0 aromatic heterocycles. The normalized spacial score (nSPS) is 18.5. The molecule has 0 spiro atoms. The van der Waals surface area contributed by atoms with Crippen molar-refractivity contribution in [2.45, 2.75) is 6.10 Å². The van der Waals surface area contributed by atoms with Gasteiger partial charge in [-0.2, -0.15) is 0 Å². The van der Waals surface area contributed by atoms with Crippen LogP contribution in [-0.2, 0) is 9.09 Å². The lowest BCUT2D eigenvalue weighted by Crippen LogP contribution is -2.48. The Morgan fingerprint density at radius 3 is 2.47 bits per heavy atom. The predicted molar refractivity (Wildman–Crippen MR) is 50.7 cm³/mol. The van der Waals surface area contributed by atoms with Crippen molar-refractivity contribution in [2.24, 2.45) is 0 Å². The summed E-state index contributed by atoms with van der Waals surface area (Å²) in [6, 6.07) is 0. The zero-order valence-electron chi connectivity index (χ0n) is 8.87. The quantitative estimate of drug-likeness (QED) is 0.349. The summed E-state index contributed by atoms with van der Waals surface area (Å²) in [5, 5.41) is 18.1. The van der Waals surface area contributed by atoms with Gasteiger partial charge in [-0.05, 0) is 0 Å². The second-order valence-electron chi connectivity index (χ2n) is 3.98. The minimum Gasteiger partial charge on any atom is -0.756 e. The molecule has 0 amide bonds. The fourth-order valence-electron chi connectivity index (χ4n) is 1.17. The van der Waals surface area contributed by atoms with E-state index < -0.39 is 20.5 Å². The van der Waals surface area contributed by atoms with Gasteiger partial charge >= 0.3 is 0 Å². The smallest absolute Gasteiger partial charge is 0.265 e. The first-order valence-corrected chi connectivity index (χ1v) is 5.95. The van der Waals surface area contributed by atoms with Gasteiger partial charge in [-0.3, -0.25) is 4.57 Å². The highest BCUT2D eigenvalue weighted by Crippen LogP contribution is 2.30. The average molecular weight is 243 g/mol. The van der Waals surface area contributed by atoms with E-state index in [4.69, 9.17) is 10.00 Å². The Bertz CT molecular complexity index is 228. The van der Waals surface area contributed by atoms with Gasteiger partial charge in [0.1, 0.15) is 19.2 Å². The fraction of sp³-hybridized carbons (Fsp3) is 1.00. The van der Waals surface area contributed by atoms with Crippen molar-refractivity contribution in [2.75, 3.05) is 40.4 Å². The molecule has 0 aliphatic heterocycles. The number of rotatable bonds is 7. The van der Waals surface area contributed by atoms with Crippen LogP contribution in [0.1, 0.15) is 0 Å². The van der Waals surface area contributed by atoms with Gasteiger partial charge in [0.2, 0.25) is 0 Å². The maximum absolute atomic E-state index is 10.2. The molecule has 2 atom stereocenters. The SMILES string of the molecule is C[N+](C)(CCO)CC(O)COP(=O)([O-])O. The van der Waals surface area contributed by atoms with Crippen molar-refractivity contribution in [1.29, 1.82) is 0 Å². The lowest BCUT2D eigenvalue weighted by molar-refractivity contribution is -0.893. The third-order valence-electron chi connectivity index (χ3n) is 1.84. The molecule has 7 nitrogen and oxygen atoms in total. The molecule has 0 heterocycles. The maximum Gasteiger partial charge on any atom is 0.265 e. The molecule has 15 heavy (non-hydrogen) atoms. The standard InChI is InChI=1S/C7H18NO6P/c1-8(2,3-4-9)5-7(10)6-14-15(11,12)13/h7,9-10H,3-6H2,1-2H3,(H-,11,12,13). The van der Waals surface area contributed by atoms with E-state index in [2.05, 4.69) is 4.52 Å². The Labute approximate surface area is 88.7 Å². The van der Waals surface area contributed by atoms with E-state index in [9.17, 15) is 14.6 Å². The van der Waals surface area contributed by atoms with Gasteiger partial charge in [-0.1, -0.05) is 0 Å². The van der Waals surface area contributed by atoms with E-state index >= 15 is 0 Å². The minimum atomic E-state index is -4.77. The Morgan fingerprint density at radius 1 is 1.53 bits per heavy atom. The molecule has 0 aromatic carbocycles. The first kappa shape index (κ1) is 15.0. The molecule has 0 saturated heterocycles. The maximum atomic E-state index is 10.2. The van der Waals surface area contributed by atoms with Crippen molar-refractivity contribution < 1.29 is 33.6 Å². The monoisotopic (exact) mass is 243 g/mol. The number of nitrogens with zero attached hydrogens (tertiary/aromatic N) is 1. The first-order valence-electron chi connectivity index (χ1n) is 4.45. The zero-order valence-corrected chi connectivity index (χ0v) is 9.76. The van der Waals surface area contributed by atoms with Crippen LogP contribution in [0.25, 0.3) is 0 Å². The van der Waals surface area contributed by atoms with Crippen molar-refractivity contribution in [3.63, 3.8) is 0 Å². The lowest BCUT2D eigenvalue weighted by Gasteiger charge is -2.31. The van der Waals surface area contributed by atoms with Crippen LogP contribution in [-0.4, -0.2) is 66.1 Å². The largest absolute Gasteiger partial charge is 0.756 e. The molecular formula is C7H18NO6P. The zero-order chi connectivity index (χ0) is 12.1. The molecule has 8 heteroatoms. The van der Waals surface area contributed by atoms with E-state index in [1.165, 1.54) is 0 Å². The third kappa shape index (κ3) is 8.95. The molecule has 0 aliphatic rings. The highest BCUT2D eigenvalue weighted by atomic mass is 31.2. The first-order chi connectivity index (χ1) is 6.66. The van der Waals surface area contributed by atoms with E-state index in [0.717, 1.165) is 0 Å². The summed E-state index contributed by atoms with van der Waals surface area (Å²) in [5.41, 5.74) is 0. The van der Waals surface area contributed by atoms with Gasteiger partial charge in [0.05, 0.1) is 27.3 Å². The molecule has 0 aromatic rings. The Balaban J connectivity index is 3.92. The van der Waals surface area contributed by atoms with Crippen molar-refractivity contribution in [3.8, 4) is 0 Å². The summed E-state index contributed by atoms with van der Waals surface area (Å²) in [7, 11) is -1.22. The van der Waals surface area contributed by atoms with Crippen LogP contribution < -0.4 is 4.89 Å². The molecule has 0 radical (unpaired) electrons. The van der Waals surface area contributed by atoms with Gasteiger partial charge in [0.15, 0.2) is 0 Å². The van der Waals surface area contributed by atoms with Crippen LogP contribution in [0, 0.1) is 0 Å². The molecule has 0 fully saturated rings. The highest BCUT2D eigenvalue weighted by Gasteiger charge is 2.21. The van der Waals surface area contributed by atoms with Crippen molar-refractivity contribution >= 4 is 7.82 Å². The second-order valence-corrected chi connectivity index (χ2v) is 5.18. The van der Waals surface area contributed by atoms with E-state index in [1.807, 2.05) is 0 Å². The number of hydrogen-bond donors (Lipinski definition) is 3. The molecule has 0 aliphatic carbocycles. The van der Waals surface area contributed by atoms with Gasteiger partial charge in [-0.15, -0.1) is 0 Å². The lowest BCUT2D eigenvalue weighted by atomic mass is 10.3. The van der Waals surface area contributed by atoms with Gasteiger partial charge in [0.25, 0.3) is 7.82 Å². The van der Waals surface area contributed by atoms with E-state index in [0.29, 0.717) is 11.0 Å². The number of likely N-dealkylation sites (N-methyl/N-ethyl adjacent to an activating group) is 1. The van der Waals surface area contributed by atoms with Gasteiger partial charge < -0.3 is 29.0 Å². The van der Waals surface area contributed by atoms with Crippen molar-refractivity contribution in [1.82, 2.24) is 0 Å². The van der Waals surface area contributed by atoms with Crippen molar-refractivity contribution in [3.05, 3.63) is 0 Å². The van der Waals surface area contributed by atoms with Crippen LogP contribution in [0.5, 0.6) is 0 Å². The van der Waals surface area contributed by atoms with Gasteiger partial charge in [-0.25, -0.2) is 0 Å². The second kappa shape index (κ2) is 5.91. The molecular weight excluding hydrogens is 225 g/mol. The number of hydrogen-bond acceptors (Lipinski definition) is 5. The molecule has 0 bridgehead atoms. The predicted octanol–water partition coefficient (Wildman–Crippen LogP) is -2.11. The van der Waals surface area contributed by atoms with E-state index in [-0.39, 0.29) is 13.2 Å². The number of phosphoric acid groups is 1. The average Bonchev–Trinajstić information content (AvgIpc) is 1.98. The van der Waals surface area contributed by atoms with Crippen LogP contribution in [0.4, 0.5) is 0 Å². The summed E-state index contributed by atoms with van der Waals surface area (Å²) < 4.78 is 14.6. The minimum absolute atomic E-state index is 0.0272. The third-order valence-corrected chi connectivity index (χ3v) is 2.32. The molecule has 3 N–H and O–H groups in total. The number of phosphoric ester groups is 1. The number of aliphatic hydroxyl groups is 2. The Morgan fingerprint density at radius 2 is 2.07 bits per heavy atom. The summed E-state index contributed by atoms with van der Waals surface area (Å²) >= 11 is 0. The molecule has 92 valence electrons. The summed E-state index contributed by atoms with van der Waals surface area (Å²) in [6.45, 7) is 0.150. The van der Waals surface area contributed by atoms with Gasteiger partial charge in [0, 0.05) is 0 Å². The molecule has 0 rings (SSSR count). The van der Waals surface area contributed by atoms with Crippen LogP contribution in [0.2, 0.25) is 0 Å². The summed E-state index contributed by atoms with van der Waals surface area (Å²) in [6.07, 6.45) is -1.01. The highest BCUT2D eigenvalue weighted by molar-refractivity contribution is 7.44. The fourth-order valence-corrected chi connectivity index (χ4v) is 1.53. The van der Waals surface area contributed by atoms with Crippen LogP contribution in [0.3, 0.4) is 0 Å². The molecule has 2 unspecified atom stereocenters. The summed E-state index contributed by atoms with van der Waals surface area (Å²) in [4.78, 5) is 18.5. The van der Waals surface area contributed by atoms with Crippen LogP contribution >= 0.6 is 7.82 Å². The number of aliphatic hydroxyl groups excluding tert-OH is 2. The topological polar surface area (TPSA) is 110 Å². The Kier molecular flexibility index (Phi) is 5.90. The number of quaternary nitrogens is 1. The Hall–Kier alpha value is -0.0100. The van der Waals surface area contributed by atoms with E-state index in [1.54, 1.807) is 14.1 Å². The van der Waals surface area contributed by atoms with Crippen LogP contribution in [0.15, 0.2) is 0 Å². The summed E-state index contributed by atoms with van der Waals surface area (Å²) in [5.74, 6) is 0.